The van der Waals surface area contributed by atoms with Crippen molar-refractivity contribution in [2.75, 3.05) is 26.7 Å². The molecule has 2 saturated heterocycles. The van der Waals surface area contributed by atoms with E-state index in [0.29, 0.717) is 18.4 Å². The highest BCUT2D eigenvalue weighted by Crippen LogP contribution is 2.34. The molecule has 1 amide bonds. The molecule has 1 aromatic rings. The minimum absolute atomic E-state index is 0.179. The number of carbonyl (C=O) groups excluding carboxylic acids is 1. The number of thiophene rings is 1. The van der Waals surface area contributed by atoms with E-state index in [1.807, 2.05) is 11.3 Å². The maximum atomic E-state index is 11.4. The van der Waals surface area contributed by atoms with Crippen molar-refractivity contribution in [1.29, 1.82) is 0 Å². The number of piperidine rings is 1. The second kappa shape index (κ2) is 7.57. The predicted molar refractivity (Wildman–Crippen MR) is 88.9 cm³/mol. The lowest BCUT2D eigenvalue weighted by Crippen LogP contribution is -2.34. The second-order valence-electron chi connectivity index (χ2n) is 6.40. The molecular weight excluding hydrogens is 296 g/mol. The first kappa shape index (κ1) is 16.0. The molecular formula is C17H26N2O2S. The first-order valence-corrected chi connectivity index (χ1v) is 9.19. The first-order valence-electron chi connectivity index (χ1n) is 8.37. The van der Waals surface area contributed by atoms with Crippen molar-refractivity contribution in [3.05, 3.63) is 21.9 Å². The number of hydrogen-bond donors (Lipinski definition) is 1. The fourth-order valence-electron chi connectivity index (χ4n) is 3.39. The number of ether oxygens (including phenoxy) is 1. The van der Waals surface area contributed by atoms with Gasteiger partial charge in [-0.1, -0.05) is 0 Å². The molecule has 4 nitrogen and oxygen atoms in total. The molecule has 3 rings (SSSR count). The maximum absolute atomic E-state index is 11.4. The monoisotopic (exact) mass is 322 g/mol. The van der Waals surface area contributed by atoms with Crippen molar-refractivity contribution in [3.8, 4) is 0 Å². The molecule has 1 unspecified atom stereocenters. The van der Waals surface area contributed by atoms with E-state index < -0.39 is 0 Å². The van der Waals surface area contributed by atoms with Crippen LogP contribution >= 0.6 is 11.3 Å². The average molecular weight is 322 g/mol. The van der Waals surface area contributed by atoms with E-state index in [-0.39, 0.29) is 5.91 Å². The molecule has 2 aliphatic rings. The molecule has 0 saturated carbocycles. The molecule has 22 heavy (non-hydrogen) atoms. The zero-order valence-corrected chi connectivity index (χ0v) is 14.2. The molecule has 3 heterocycles. The van der Waals surface area contributed by atoms with Crippen LogP contribution < -0.4 is 5.32 Å². The van der Waals surface area contributed by atoms with Crippen LogP contribution in [-0.4, -0.2) is 37.6 Å². The molecule has 0 bridgehead atoms. The van der Waals surface area contributed by atoms with Crippen molar-refractivity contribution in [1.82, 2.24) is 10.2 Å². The van der Waals surface area contributed by atoms with Crippen LogP contribution in [0.5, 0.6) is 0 Å². The Labute approximate surface area is 136 Å². The molecule has 5 heteroatoms. The smallest absolute Gasteiger partial charge is 0.220 e. The molecule has 1 atom stereocenters. The Morgan fingerprint density at radius 1 is 1.36 bits per heavy atom. The number of nitrogens with zero attached hydrogens (tertiary/aromatic N) is 1. The molecule has 2 fully saturated rings. The fourth-order valence-corrected chi connectivity index (χ4v) is 4.53. The lowest BCUT2D eigenvalue weighted by molar-refractivity contribution is -0.121. The largest absolute Gasteiger partial charge is 0.373 e. The summed E-state index contributed by atoms with van der Waals surface area (Å²) in [4.78, 5) is 16.8. The van der Waals surface area contributed by atoms with E-state index in [2.05, 4.69) is 22.3 Å². The van der Waals surface area contributed by atoms with Gasteiger partial charge in [-0.25, -0.2) is 0 Å². The number of rotatable bonds is 5. The Morgan fingerprint density at radius 3 is 2.86 bits per heavy atom. The standard InChI is InChI=1S/C17H26N2O2S/c1-18-17(20)11-13-6-8-19(9-7-13)12-14-4-5-16(22-14)15-3-2-10-21-15/h4-5,13,15H,2-3,6-12H2,1H3,(H,18,20). The van der Waals surface area contributed by atoms with Crippen molar-refractivity contribution >= 4 is 17.2 Å². The Balaban J connectivity index is 1.45. The van der Waals surface area contributed by atoms with Crippen LogP contribution in [0, 0.1) is 5.92 Å². The van der Waals surface area contributed by atoms with Gasteiger partial charge in [-0.2, -0.15) is 0 Å². The van der Waals surface area contributed by atoms with Crippen molar-refractivity contribution in [2.45, 2.75) is 44.8 Å². The van der Waals surface area contributed by atoms with E-state index in [1.165, 1.54) is 22.6 Å². The second-order valence-corrected chi connectivity index (χ2v) is 7.60. The Bertz CT molecular complexity index is 489. The maximum Gasteiger partial charge on any atom is 0.220 e. The van der Waals surface area contributed by atoms with E-state index >= 15 is 0 Å². The van der Waals surface area contributed by atoms with E-state index in [9.17, 15) is 4.79 Å². The molecule has 0 aliphatic carbocycles. The summed E-state index contributed by atoms with van der Waals surface area (Å²) in [5.74, 6) is 0.736. The molecule has 2 aliphatic heterocycles. The molecule has 0 radical (unpaired) electrons. The van der Waals surface area contributed by atoms with Gasteiger partial charge in [-0.15, -0.1) is 11.3 Å². The molecule has 1 aromatic heterocycles. The Morgan fingerprint density at radius 2 is 2.18 bits per heavy atom. The van der Waals surface area contributed by atoms with Gasteiger partial charge in [0.25, 0.3) is 0 Å². The highest BCUT2D eigenvalue weighted by Gasteiger charge is 2.23. The summed E-state index contributed by atoms with van der Waals surface area (Å²) in [6.45, 7) is 4.17. The minimum Gasteiger partial charge on any atom is -0.373 e. The zero-order chi connectivity index (χ0) is 15.4. The SMILES string of the molecule is CNC(=O)CC1CCN(Cc2ccc(C3CCCO3)s2)CC1. The van der Waals surface area contributed by atoms with Gasteiger partial charge in [0.05, 0.1) is 6.10 Å². The van der Waals surface area contributed by atoms with Crippen molar-refractivity contribution < 1.29 is 9.53 Å². The number of hydrogen-bond acceptors (Lipinski definition) is 4. The summed E-state index contributed by atoms with van der Waals surface area (Å²) in [5.41, 5.74) is 0. The van der Waals surface area contributed by atoms with Crippen LogP contribution in [0.1, 0.15) is 48.0 Å². The van der Waals surface area contributed by atoms with Crippen LogP contribution in [0.25, 0.3) is 0 Å². The lowest BCUT2D eigenvalue weighted by Gasteiger charge is -2.31. The lowest BCUT2D eigenvalue weighted by atomic mass is 9.93. The minimum atomic E-state index is 0.179. The quantitative estimate of drug-likeness (QED) is 0.906. The van der Waals surface area contributed by atoms with E-state index in [1.54, 1.807) is 7.05 Å². The van der Waals surface area contributed by atoms with Gasteiger partial charge in [-0.3, -0.25) is 9.69 Å². The number of carbonyl (C=O) groups is 1. The fraction of sp³-hybridized carbons (Fsp3) is 0.706. The third-order valence-corrected chi connectivity index (χ3v) is 5.93. The third-order valence-electron chi connectivity index (χ3n) is 4.77. The summed E-state index contributed by atoms with van der Waals surface area (Å²) in [6.07, 6.45) is 5.67. The van der Waals surface area contributed by atoms with Gasteiger partial charge < -0.3 is 10.1 Å². The van der Waals surface area contributed by atoms with Gasteiger partial charge in [0.1, 0.15) is 0 Å². The van der Waals surface area contributed by atoms with Crippen LogP contribution in [0.3, 0.4) is 0 Å². The summed E-state index contributed by atoms with van der Waals surface area (Å²) < 4.78 is 5.76. The first-order chi connectivity index (χ1) is 10.7. The van der Waals surface area contributed by atoms with Gasteiger partial charge in [0.15, 0.2) is 0 Å². The Hall–Kier alpha value is -0.910. The number of amides is 1. The molecule has 0 aromatic carbocycles. The van der Waals surface area contributed by atoms with Crippen molar-refractivity contribution in [2.24, 2.45) is 5.92 Å². The zero-order valence-electron chi connectivity index (χ0n) is 13.3. The Kier molecular flexibility index (Phi) is 5.50. The van der Waals surface area contributed by atoms with Gasteiger partial charge >= 0.3 is 0 Å². The summed E-state index contributed by atoms with van der Waals surface area (Å²) in [6, 6.07) is 4.51. The highest BCUT2D eigenvalue weighted by atomic mass is 32.1. The van der Waals surface area contributed by atoms with Crippen molar-refractivity contribution in [3.63, 3.8) is 0 Å². The van der Waals surface area contributed by atoms with Crippen LogP contribution in [-0.2, 0) is 16.1 Å². The number of nitrogens with one attached hydrogen (secondary N) is 1. The summed E-state index contributed by atoms with van der Waals surface area (Å²) in [7, 11) is 1.72. The molecule has 0 spiro atoms. The third kappa shape index (κ3) is 4.09. The predicted octanol–water partition coefficient (Wildman–Crippen LogP) is 2.95. The topological polar surface area (TPSA) is 41.6 Å². The van der Waals surface area contributed by atoms with E-state index in [4.69, 9.17) is 4.74 Å². The molecule has 122 valence electrons. The molecule has 1 N–H and O–H groups in total. The average Bonchev–Trinajstić information content (AvgIpc) is 3.20. The van der Waals surface area contributed by atoms with Gasteiger partial charge in [0.2, 0.25) is 5.91 Å². The van der Waals surface area contributed by atoms with Crippen LogP contribution in [0.4, 0.5) is 0 Å². The van der Waals surface area contributed by atoms with Crippen LogP contribution in [0.15, 0.2) is 12.1 Å². The summed E-state index contributed by atoms with van der Waals surface area (Å²) >= 11 is 1.91. The normalized spacial score (nSPS) is 23.8. The van der Waals surface area contributed by atoms with Crippen LogP contribution in [0.2, 0.25) is 0 Å². The van der Waals surface area contributed by atoms with Gasteiger partial charge in [-0.05, 0) is 56.8 Å². The van der Waals surface area contributed by atoms with Gasteiger partial charge in [0, 0.05) is 36.4 Å². The highest BCUT2D eigenvalue weighted by molar-refractivity contribution is 7.12. The van der Waals surface area contributed by atoms with E-state index in [0.717, 1.165) is 39.1 Å². The summed E-state index contributed by atoms with van der Waals surface area (Å²) in [5, 5.41) is 2.73. The number of likely N-dealkylation sites (tertiary alicyclic amines) is 1.